The largest absolute Gasteiger partial charge is 0.491 e. The number of nitrogens with one attached hydrogen (secondary N) is 3. The molecule has 0 unspecified atom stereocenters. The highest BCUT2D eigenvalue weighted by Gasteiger charge is 2.31. The van der Waals surface area contributed by atoms with Crippen LogP contribution in [0.1, 0.15) is 27.9 Å². The van der Waals surface area contributed by atoms with Crippen LogP contribution in [0.5, 0.6) is 17.2 Å². The molecule has 2 atom stereocenters. The fourth-order valence-corrected chi connectivity index (χ4v) is 5.00. The number of nitrogens with zero attached hydrogens (tertiary/aromatic N) is 2. The average molecular weight is 576 g/mol. The third-order valence-electron chi connectivity index (χ3n) is 7.11. The molecular formula is C31H37N5O6. The standard InChI is InChI=1S/C31H37N5O6/c1-39-13-14-40-26-16-24-17-27(18-26)42-25-4-2-3-23(15-25)21-41-29-20-36(19-22-5-8-32-9-6-22)12-7-28(29)35-31(38)34-11-10-33-30(24)37/h2-6,8-9,15-18,28-29H,7,10-14,19-21H2,1H3,(H,33,37)(H2,34,35,38)/t28-,29-/m0/s1. The maximum atomic E-state index is 13.0. The number of carbonyl (C=O) groups excluding carboxylic acids is 2. The second-order valence-corrected chi connectivity index (χ2v) is 10.3. The predicted molar refractivity (Wildman–Crippen MR) is 156 cm³/mol. The molecule has 3 N–H and O–H groups in total. The van der Waals surface area contributed by atoms with Crippen molar-refractivity contribution in [2.24, 2.45) is 0 Å². The van der Waals surface area contributed by atoms with Crippen molar-refractivity contribution in [3.8, 4) is 17.2 Å². The van der Waals surface area contributed by atoms with Crippen LogP contribution in [0, 0.1) is 0 Å². The molecule has 2 aliphatic rings. The molecule has 5 rings (SSSR count). The van der Waals surface area contributed by atoms with E-state index < -0.39 is 0 Å². The zero-order valence-corrected chi connectivity index (χ0v) is 23.7. The first-order chi connectivity index (χ1) is 20.6. The number of urea groups is 1. The third-order valence-corrected chi connectivity index (χ3v) is 7.11. The van der Waals surface area contributed by atoms with Crippen molar-refractivity contribution >= 4 is 11.9 Å². The monoisotopic (exact) mass is 575 g/mol. The van der Waals surface area contributed by atoms with Gasteiger partial charge in [-0.15, -0.1) is 0 Å². The highest BCUT2D eigenvalue weighted by atomic mass is 16.5. The van der Waals surface area contributed by atoms with Gasteiger partial charge in [0, 0.05) is 63.9 Å². The van der Waals surface area contributed by atoms with Crippen LogP contribution in [0.4, 0.5) is 4.79 Å². The number of aromatic nitrogens is 1. The Labute approximate surface area is 245 Å². The van der Waals surface area contributed by atoms with Crippen molar-refractivity contribution in [2.45, 2.75) is 31.7 Å². The molecule has 2 aliphatic heterocycles. The minimum Gasteiger partial charge on any atom is -0.491 e. The van der Waals surface area contributed by atoms with Crippen molar-refractivity contribution in [1.29, 1.82) is 0 Å². The molecule has 2 aromatic carbocycles. The van der Waals surface area contributed by atoms with Crippen LogP contribution in [0.25, 0.3) is 0 Å². The van der Waals surface area contributed by atoms with Crippen molar-refractivity contribution in [3.05, 3.63) is 83.7 Å². The smallest absolute Gasteiger partial charge is 0.315 e. The van der Waals surface area contributed by atoms with Crippen LogP contribution in [0.3, 0.4) is 0 Å². The average Bonchev–Trinajstić information content (AvgIpc) is 2.99. The van der Waals surface area contributed by atoms with Gasteiger partial charge in [-0.05, 0) is 53.9 Å². The first kappa shape index (κ1) is 29.3. The molecule has 0 spiro atoms. The molecule has 0 radical (unpaired) electrons. The lowest BCUT2D eigenvalue weighted by molar-refractivity contribution is -0.0303. The Morgan fingerprint density at radius 2 is 1.86 bits per heavy atom. The Bertz CT molecular complexity index is 1340. The van der Waals surface area contributed by atoms with Crippen molar-refractivity contribution in [2.75, 3.05) is 46.5 Å². The summed E-state index contributed by atoms with van der Waals surface area (Å²) < 4.78 is 23.5. The van der Waals surface area contributed by atoms with E-state index in [-0.39, 0.29) is 37.2 Å². The minimum atomic E-state index is -0.302. The molecule has 4 bridgehead atoms. The summed E-state index contributed by atoms with van der Waals surface area (Å²) >= 11 is 0. The van der Waals surface area contributed by atoms with E-state index in [1.807, 2.05) is 36.4 Å². The quantitative estimate of drug-likeness (QED) is 0.384. The molecule has 3 heterocycles. The number of pyridine rings is 1. The normalized spacial score (nSPS) is 20.0. The number of hydrogen-bond acceptors (Lipinski definition) is 8. The summed E-state index contributed by atoms with van der Waals surface area (Å²) in [5.74, 6) is 1.25. The van der Waals surface area contributed by atoms with E-state index in [0.29, 0.717) is 49.2 Å². The summed E-state index contributed by atoms with van der Waals surface area (Å²) in [6.07, 6.45) is 4.11. The number of rotatable bonds is 6. The predicted octanol–water partition coefficient (Wildman–Crippen LogP) is 3.10. The SMILES string of the molecule is COCCOc1cc2cc(c1)C(=O)NCCNC(=O)N[C@H]1CCN(Cc3ccncc3)C[C@@H]1OCc1cccc(c1)O2. The number of amides is 3. The summed E-state index contributed by atoms with van der Waals surface area (Å²) in [7, 11) is 1.60. The van der Waals surface area contributed by atoms with Crippen molar-refractivity contribution in [1.82, 2.24) is 25.8 Å². The maximum absolute atomic E-state index is 13.0. The molecule has 1 aromatic heterocycles. The van der Waals surface area contributed by atoms with Gasteiger partial charge in [0.05, 0.1) is 25.4 Å². The Balaban J connectivity index is 1.35. The summed E-state index contributed by atoms with van der Waals surface area (Å²) in [5, 5.41) is 8.78. The van der Waals surface area contributed by atoms with Crippen LogP contribution in [-0.2, 0) is 22.6 Å². The number of likely N-dealkylation sites (tertiary alicyclic amines) is 1. The Morgan fingerprint density at radius 1 is 1.00 bits per heavy atom. The topological polar surface area (TPSA) is 123 Å². The summed E-state index contributed by atoms with van der Waals surface area (Å²) in [4.78, 5) is 32.2. The van der Waals surface area contributed by atoms with Gasteiger partial charge in [-0.1, -0.05) is 12.1 Å². The van der Waals surface area contributed by atoms with Gasteiger partial charge in [0.25, 0.3) is 5.91 Å². The summed E-state index contributed by atoms with van der Waals surface area (Å²) in [5.41, 5.74) is 2.48. The van der Waals surface area contributed by atoms with Gasteiger partial charge < -0.3 is 34.9 Å². The van der Waals surface area contributed by atoms with Crippen LogP contribution in [0.15, 0.2) is 67.0 Å². The van der Waals surface area contributed by atoms with Gasteiger partial charge in [-0.3, -0.25) is 14.7 Å². The lowest BCUT2D eigenvalue weighted by Gasteiger charge is -2.38. The summed E-state index contributed by atoms with van der Waals surface area (Å²) in [6.45, 7) is 3.87. The first-order valence-electron chi connectivity index (χ1n) is 14.1. The molecule has 222 valence electrons. The van der Waals surface area contributed by atoms with Gasteiger partial charge in [0.15, 0.2) is 0 Å². The Morgan fingerprint density at radius 3 is 2.71 bits per heavy atom. The van der Waals surface area contributed by atoms with E-state index in [1.54, 1.807) is 37.7 Å². The second kappa shape index (κ2) is 14.6. The number of carbonyl (C=O) groups is 2. The number of fused-ring (bicyclic) bond motifs is 5. The molecule has 0 aliphatic carbocycles. The molecule has 0 saturated carbocycles. The van der Waals surface area contributed by atoms with Crippen molar-refractivity contribution in [3.63, 3.8) is 0 Å². The van der Waals surface area contributed by atoms with E-state index in [2.05, 4.69) is 25.8 Å². The molecule has 11 nitrogen and oxygen atoms in total. The molecular weight excluding hydrogens is 538 g/mol. The zero-order chi connectivity index (χ0) is 29.1. The Kier molecular flexibility index (Phi) is 10.2. The number of ether oxygens (including phenoxy) is 4. The van der Waals surface area contributed by atoms with Gasteiger partial charge in [0.2, 0.25) is 0 Å². The summed E-state index contributed by atoms with van der Waals surface area (Å²) in [6, 6.07) is 16.3. The Hall–Kier alpha value is -4.19. The van der Waals surface area contributed by atoms with Gasteiger partial charge in [0.1, 0.15) is 23.9 Å². The van der Waals surface area contributed by atoms with Crippen molar-refractivity contribution < 1.29 is 28.5 Å². The van der Waals surface area contributed by atoms with E-state index in [9.17, 15) is 9.59 Å². The van der Waals surface area contributed by atoms with E-state index in [1.165, 1.54) is 5.56 Å². The lowest BCUT2D eigenvalue weighted by Crippen LogP contribution is -2.56. The van der Waals surface area contributed by atoms with Crippen LogP contribution < -0.4 is 25.4 Å². The van der Waals surface area contributed by atoms with Gasteiger partial charge in [-0.2, -0.15) is 0 Å². The van der Waals surface area contributed by atoms with Crippen LogP contribution >= 0.6 is 0 Å². The number of methoxy groups -OCH3 is 1. The fourth-order valence-electron chi connectivity index (χ4n) is 5.00. The zero-order valence-electron chi connectivity index (χ0n) is 23.7. The van der Waals surface area contributed by atoms with Crippen LogP contribution in [0.2, 0.25) is 0 Å². The highest BCUT2D eigenvalue weighted by molar-refractivity contribution is 5.95. The van der Waals surface area contributed by atoms with E-state index in [4.69, 9.17) is 18.9 Å². The van der Waals surface area contributed by atoms with E-state index in [0.717, 1.165) is 25.1 Å². The highest BCUT2D eigenvalue weighted by Crippen LogP contribution is 2.29. The number of benzene rings is 2. The number of piperidine rings is 1. The molecule has 3 aromatic rings. The molecule has 1 fully saturated rings. The second-order valence-electron chi connectivity index (χ2n) is 10.3. The number of hydrogen-bond donors (Lipinski definition) is 3. The molecule has 42 heavy (non-hydrogen) atoms. The van der Waals surface area contributed by atoms with E-state index >= 15 is 0 Å². The van der Waals surface area contributed by atoms with Gasteiger partial charge in [-0.25, -0.2) is 4.79 Å². The third kappa shape index (κ3) is 8.41. The minimum absolute atomic E-state index is 0.164. The molecule has 11 heteroatoms. The molecule has 3 amide bonds. The van der Waals surface area contributed by atoms with Crippen LogP contribution in [-0.4, -0.2) is 80.5 Å². The fraction of sp³-hybridized carbons (Fsp3) is 0.387. The first-order valence-corrected chi connectivity index (χ1v) is 14.1. The lowest BCUT2D eigenvalue weighted by atomic mass is 10.0. The maximum Gasteiger partial charge on any atom is 0.315 e. The molecule has 1 saturated heterocycles. The van der Waals surface area contributed by atoms with Gasteiger partial charge >= 0.3 is 6.03 Å².